The van der Waals surface area contributed by atoms with Gasteiger partial charge in [0.1, 0.15) is 5.82 Å². The molecule has 0 aromatic heterocycles. The third kappa shape index (κ3) is 5.02. The maximum absolute atomic E-state index is 13.9. The topological polar surface area (TPSA) is 36.4 Å². The fourth-order valence-electron chi connectivity index (χ4n) is 2.33. The molecule has 1 aliphatic carbocycles. The van der Waals surface area contributed by atoms with E-state index in [2.05, 4.69) is 21.9 Å². The molecule has 1 fully saturated rings. The summed E-state index contributed by atoms with van der Waals surface area (Å²) in [6.45, 7) is 1.61. The van der Waals surface area contributed by atoms with Gasteiger partial charge in [-0.2, -0.15) is 11.8 Å². The first kappa shape index (κ1) is 18.5. The maximum atomic E-state index is 13.9. The number of guanidine groups is 1. The summed E-state index contributed by atoms with van der Waals surface area (Å²) in [5.74, 6) is 1.73. The van der Waals surface area contributed by atoms with Crippen molar-refractivity contribution in [2.75, 3.05) is 32.1 Å². The molecular formula is C15H23FIN3S. The summed E-state index contributed by atoms with van der Waals surface area (Å²) >= 11 is 1.79. The lowest BCUT2D eigenvalue weighted by Gasteiger charge is -2.19. The molecule has 0 amide bonds. The second-order valence-corrected chi connectivity index (χ2v) is 6.09. The zero-order valence-electron chi connectivity index (χ0n) is 12.5. The van der Waals surface area contributed by atoms with Crippen molar-refractivity contribution in [2.45, 2.75) is 18.3 Å². The number of nitrogens with one attached hydrogen (secondary N) is 2. The average molecular weight is 423 g/mol. The molecule has 2 N–H and O–H groups in total. The van der Waals surface area contributed by atoms with Crippen LogP contribution in [-0.2, 0) is 5.41 Å². The van der Waals surface area contributed by atoms with E-state index >= 15 is 0 Å². The molecule has 2 rings (SSSR count). The quantitative estimate of drug-likeness (QED) is 0.320. The Kier molecular flexibility index (Phi) is 7.79. The minimum atomic E-state index is -0.0999. The Hall–Kier alpha value is -0.500. The molecular weight excluding hydrogens is 400 g/mol. The van der Waals surface area contributed by atoms with Gasteiger partial charge in [0.15, 0.2) is 5.96 Å². The van der Waals surface area contributed by atoms with Crippen molar-refractivity contribution in [1.29, 1.82) is 0 Å². The van der Waals surface area contributed by atoms with Gasteiger partial charge in [0.2, 0.25) is 0 Å². The SMILES string of the molecule is CN=C(NCCSC)NCC1(c2ccccc2F)CC1.I. The predicted molar refractivity (Wildman–Crippen MR) is 100 cm³/mol. The number of nitrogens with zero attached hydrogens (tertiary/aromatic N) is 1. The number of hydrogen-bond donors (Lipinski definition) is 2. The van der Waals surface area contributed by atoms with Gasteiger partial charge in [0.05, 0.1) is 0 Å². The smallest absolute Gasteiger partial charge is 0.191 e. The molecule has 0 bridgehead atoms. The Morgan fingerprint density at radius 1 is 1.33 bits per heavy atom. The Morgan fingerprint density at radius 2 is 2.05 bits per heavy atom. The van der Waals surface area contributed by atoms with Crippen molar-refractivity contribution in [2.24, 2.45) is 4.99 Å². The molecule has 21 heavy (non-hydrogen) atoms. The number of halogens is 2. The third-order valence-electron chi connectivity index (χ3n) is 3.72. The molecule has 0 aliphatic heterocycles. The summed E-state index contributed by atoms with van der Waals surface area (Å²) in [4.78, 5) is 4.20. The molecule has 0 radical (unpaired) electrons. The second-order valence-electron chi connectivity index (χ2n) is 5.11. The summed E-state index contributed by atoms with van der Waals surface area (Å²) in [5.41, 5.74) is 0.773. The molecule has 1 aromatic carbocycles. The zero-order valence-corrected chi connectivity index (χ0v) is 15.6. The molecule has 6 heteroatoms. The van der Waals surface area contributed by atoms with E-state index in [1.165, 1.54) is 0 Å². The van der Waals surface area contributed by atoms with Gasteiger partial charge in [-0.3, -0.25) is 4.99 Å². The van der Waals surface area contributed by atoms with Gasteiger partial charge in [0, 0.05) is 31.3 Å². The largest absolute Gasteiger partial charge is 0.356 e. The van der Waals surface area contributed by atoms with Crippen LogP contribution in [0.1, 0.15) is 18.4 Å². The third-order valence-corrected chi connectivity index (χ3v) is 4.33. The monoisotopic (exact) mass is 423 g/mol. The lowest BCUT2D eigenvalue weighted by atomic mass is 9.95. The highest BCUT2D eigenvalue weighted by atomic mass is 127. The first-order valence-electron chi connectivity index (χ1n) is 6.90. The van der Waals surface area contributed by atoms with E-state index in [-0.39, 0.29) is 35.2 Å². The van der Waals surface area contributed by atoms with Crippen molar-refractivity contribution >= 4 is 41.7 Å². The minimum Gasteiger partial charge on any atom is -0.356 e. The predicted octanol–water partition coefficient (Wildman–Crippen LogP) is 3.00. The number of aliphatic imine (C=N–C) groups is 1. The summed E-state index contributed by atoms with van der Waals surface area (Å²) < 4.78 is 13.9. The van der Waals surface area contributed by atoms with Gasteiger partial charge in [0.25, 0.3) is 0 Å². The first-order chi connectivity index (χ1) is 9.72. The number of thioether (sulfide) groups is 1. The van der Waals surface area contributed by atoms with Crippen molar-refractivity contribution < 1.29 is 4.39 Å². The van der Waals surface area contributed by atoms with Gasteiger partial charge < -0.3 is 10.6 Å². The maximum Gasteiger partial charge on any atom is 0.191 e. The molecule has 0 heterocycles. The van der Waals surface area contributed by atoms with Crippen LogP contribution in [0.5, 0.6) is 0 Å². The van der Waals surface area contributed by atoms with E-state index in [0.29, 0.717) is 0 Å². The molecule has 0 atom stereocenters. The van der Waals surface area contributed by atoms with Gasteiger partial charge in [-0.1, -0.05) is 18.2 Å². The zero-order chi connectivity index (χ0) is 14.4. The Morgan fingerprint density at radius 3 is 2.62 bits per heavy atom. The number of rotatable bonds is 6. The first-order valence-corrected chi connectivity index (χ1v) is 8.30. The highest BCUT2D eigenvalue weighted by molar-refractivity contribution is 14.0. The highest BCUT2D eigenvalue weighted by Gasteiger charge is 2.45. The number of hydrogen-bond acceptors (Lipinski definition) is 2. The molecule has 0 spiro atoms. The van der Waals surface area contributed by atoms with Crippen LogP contribution in [0.15, 0.2) is 29.3 Å². The van der Waals surface area contributed by atoms with Crippen LogP contribution in [0.2, 0.25) is 0 Å². The average Bonchev–Trinajstić information content (AvgIpc) is 3.24. The van der Waals surface area contributed by atoms with E-state index in [0.717, 1.165) is 43.2 Å². The molecule has 3 nitrogen and oxygen atoms in total. The lowest BCUT2D eigenvalue weighted by molar-refractivity contribution is 0.560. The number of benzene rings is 1. The second kappa shape index (κ2) is 8.82. The van der Waals surface area contributed by atoms with Crippen LogP contribution in [0.3, 0.4) is 0 Å². The van der Waals surface area contributed by atoms with Crippen LogP contribution in [0.25, 0.3) is 0 Å². The normalized spacial score (nSPS) is 16.0. The summed E-state index contributed by atoms with van der Waals surface area (Å²) in [6.07, 6.45) is 4.14. The molecule has 1 saturated carbocycles. The van der Waals surface area contributed by atoms with Gasteiger partial charge >= 0.3 is 0 Å². The van der Waals surface area contributed by atoms with Gasteiger partial charge in [-0.05, 0) is 30.7 Å². The standard InChI is InChI=1S/C15H22FN3S.HI/c1-17-14(18-9-10-20-2)19-11-15(7-8-15)12-5-3-4-6-13(12)16;/h3-6H,7-11H2,1-2H3,(H2,17,18,19);1H. The van der Waals surface area contributed by atoms with E-state index < -0.39 is 0 Å². The summed E-state index contributed by atoms with van der Waals surface area (Å²) in [6, 6.07) is 7.09. The van der Waals surface area contributed by atoms with Crippen LogP contribution < -0.4 is 10.6 Å². The van der Waals surface area contributed by atoms with E-state index in [1.807, 2.05) is 12.1 Å². The fourth-order valence-corrected chi connectivity index (χ4v) is 2.63. The Labute approximate surface area is 147 Å². The lowest BCUT2D eigenvalue weighted by Crippen LogP contribution is -2.42. The molecule has 0 saturated heterocycles. The van der Waals surface area contributed by atoms with Crippen molar-refractivity contribution in [3.8, 4) is 0 Å². The molecule has 1 aromatic rings. The Bertz CT molecular complexity index is 478. The highest BCUT2D eigenvalue weighted by Crippen LogP contribution is 2.48. The van der Waals surface area contributed by atoms with Gasteiger partial charge in [-0.25, -0.2) is 4.39 Å². The van der Waals surface area contributed by atoms with Crippen molar-refractivity contribution in [1.82, 2.24) is 10.6 Å². The minimum absolute atomic E-state index is 0. The van der Waals surface area contributed by atoms with E-state index in [1.54, 1.807) is 30.9 Å². The molecule has 1 aliphatic rings. The van der Waals surface area contributed by atoms with Crippen LogP contribution in [0, 0.1) is 5.82 Å². The fraction of sp³-hybridized carbons (Fsp3) is 0.533. The summed E-state index contributed by atoms with van der Waals surface area (Å²) in [5, 5.41) is 6.58. The van der Waals surface area contributed by atoms with Crippen molar-refractivity contribution in [3.63, 3.8) is 0 Å². The van der Waals surface area contributed by atoms with Crippen LogP contribution in [0.4, 0.5) is 4.39 Å². The van der Waals surface area contributed by atoms with Crippen LogP contribution in [-0.4, -0.2) is 38.1 Å². The van der Waals surface area contributed by atoms with Crippen molar-refractivity contribution in [3.05, 3.63) is 35.6 Å². The summed E-state index contributed by atoms with van der Waals surface area (Å²) in [7, 11) is 1.76. The van der Waals surface area contributed by atoms with Gasteiger partial charge in [-0.15, -0.1) is 24.0 Å². The van der Waals surface area contributed by atoms with Crippen LogP contribution >= 0.6 is 35.7 Å². The van der Waals surface area contributed by atoms with E-state index in [9.17, 15) is 4.39 Å². The molecule has 118 valence electrons. The Balaban J connectivity index is 0.00000220. The molecule has 0 unspecified atom stereocenters. The van der Waals surface area contributed by atoms with E-state index in [4.69, 9.17) is 0 Å².